The highest BCUT2D eigenvalue weighted by atomic mass is 16.5. The van der Waals surface area contributed by atoms with Gasteiger partial charge in [-0.2, -0.15) is 5.10 Å². The van der Waals surface area contributed by atoms with Crippen molar-refractivity contribution in [2.75, 3.05) is 19.0 Å². The van der Waals surface area contributed by atoms with Crippen LogP contribution in [0.2, 0.25) is 0 Å². The monoisotopic (exact) mass is 249 g/mol. The van der Waals surface area contributed by atoms with Gasteiger partial charge >= 0.3 is 0 Å². The Labute approximate surface area is 107 Å². The SMILES string of the molecule is COCCCn1cc(C)nc1Nc1ccnn1C. The smallest absolute Gasteiger partial charge is 0.208 e. The summed E-state index contributed by atoms with van der Waals surface area (Å²) in [5, 5.41) is 7.40. The lowest BCUT2D eigenvalue weighted by Gasteiger charge is -2.09. The van der Waals surface area contributed by atoms with Crippen LogP contribution in [0, 0.1) is 6.92 Å². The molecule has 0 aliphatic rings. The van der Waals surface area contributed by atoms with Gasteiger partial charge in [0.1, 0.15) is 5.82 Å². The predicted octanol–water partition coefficient (Wildman–Crippen LogP) is 1.71. The van der Waals surface area contributed by atoms with Gasteiger partial charge in [-0.3, -0.25) is 4.68 Å². The molecule has 0 aliphatic carbocycles. The summed E-state index contributed by atoms with van der Waals surface area (Å²) < 4.78 is 8.95. The number of imidazole rings is 1. The molecular weight excluding hydrogens is 230 g/mol. The van der Waals surface area contributed by atoms with E-state index < -0.39 is 0 Å². The fraction of sp³-hybridized carbons (Fsp3) is 0.500. The third kappa shape index (κ3) is 2.89. The summed E-state index contributed by atoms with van der Waals surface area (Å²) in [6, 6.07) is 1.92. The molecule has 6 heteroatoms. The maximum atomic E-state index is 5.07. The van der Waals surface area contributed by atoms with Crippen molar-refractivity contribution >= 4 is 11.8 Å². The summed E-state index contributed by atoms with van der Waals surface area (Å²) in [6.45, 7) is 3.62. The zero-order valence-corrected chi connectivity index (χ0v) is 11.1. The second kappa shape index (κ2) is 5.68. The minimum atomic E-state index is 0.752. The van der Waals surface area contributed by atoms with E-state index in [9.17, 15) is 0 Å². The predicted molar refractivity (Wildman–Crippen MR) is 69.9 cm³/mol. The highest BCUT2D eigenvalue weighted by Gasteiger charge is 2.07. The summed E-state index contributed by atoms with van der Waals surface area (Å²) in [5.41, 5.74) is 0.997. The lowest BCUT2D eigenvalue weighted by molar-refractivity contribution is 0.190. The van der Waals surface area contributed by atoms with E-state index in [1.807, 2.05) is 26.2 Å². The number of nitrogens with one attached hydrogen (secondary N) is 1. The van der Waals surface area contributed by atoms with Gasteiger partial charge in [-0.15, -0.1) is 0 Å². The number of ether oxygens (including phenoxy) is 1. The summed E-state index contributed by atoms with van der Waals surface area (Å²) in [6.07, 6.45) is 4.76. The number of hydrogen-bond acceptors (Lipinski definition) is 4. The van der Waals surface area contributed by atoms with Crippen LogP contribution in [0.25, 0.3) is 0 Å². The average molecular weight is 249 g/mol. The first-order valence-electron chi connectivity index (χ1n) is 5.98. The first kappa shape index (κ1) is 12.6. The van der Waals surface area contributed by atoms with Gasteiger partial charge in [0.25, 0.3) is 0 Å². The topological polar surface area (TPSA) is 56.9 Å². The third-order valence-electron chi connectivity index (χ3n) is 2.71. The second-order valence-electron chi connectivity index (χ2n) is 4.21. The van der Waals surface area contributed by atoms with Crippen molar-refractivity contribution in [3.63, 3.8) is 0 Å². The molecule has 0 saturated heterocycles. The lowest BCUT2D eigenvalue weighted by Crippen LogP contribution is -2.07. The number of aryl methyl sites for hydroxylation is 3. The molecular formula is C12H19N5O. The van der Waals surface area contributed by atoms with E-state index in [1.165, 1.54) is 0 Å². The largest absolute Gasteiger partial charge is 0.385 e. The fourth-order valence-electron chi connectivity index (χ4n) is 1.81. The van der Waals surface area contributed by atoms with Gasteiger partial charge in [0.15, 0.2) is 0 Å². The van der Waals surface area contributed by atoms with Gasteiger partial charge < -0.3 is 14.6 Å². The molecule has 0 spiro atoms. The molecule has 18 heavy (non-hydrogen) atoms. The van der Waals surface area contributed by atoms with Crippen LogP contribution in [0.15, 0.2) is 18.5 Å². The molecule has 2 rings (SSSR count). The van der Waals surface area contributed by atoms with Gasteiger partial charge in [-0.25, -0.2) is 4.98 Å². The lowest BCUT2D eigenvalue weighted by atomic mass is 10.4. The number of methoxy groups -OCH3 is 1. The van der Waals surface area contributed by atoms with Crippen LogP contribution in [0.1, 0.15) is 12.1 Å². The van der Waals surface area contributed by atoms with Crippen molar-refractivity contribution in [3.8, 4) is 0 Å². The Hall–Kier alpha value is -1.82. The number of hydrogen-bond donors (Lipinski definition) is 1. The summed E-state index contributed by atoms with van der Waals surface area (Å²) in [5.74, 6) is 1.76. The molecule has 2 aromatic rings. The number of rotatable bonds is 6. The van der Waals surface area contributed by atoms with E-state index in [2.05, 4.69) is 20.0 Å². The van der Waals surface area contributed by atoms with Gasteiger partial charge in [0.05, 0.1) is 11.9 Å². The molecule has 0 unspecified atom stereocenters. The fourth-order valence-corrected chi connectivity index (χ4v) is 1.81. The van der Waals surface area contributed by atoms with Crippen LogP contribution >= 0.6 is 0 Å². The van der Waals surface area contributed by atoms with Crippen molar-refractivity contribution in [2.24, 2.45) is 7.05 Å². The molecule has 98 valence electrons. The molecule has 6 nitrogen and oxygen atoms in total. The van der Waals surface area contributed by atoms with Crippen molar-refractivity contribution in [1.29, 1.82) is 0 Å². The van der Waals surface area contributed by atoms with Crippen molar-refractivity contribution in [2.45, 2.75) is 19.9 Å². The summed E-state index contributed by atoms with van der Waals surface area (Å²) >= 11 is 0. The second-order valence-corrected chi connectivity index (χ2v) is 4.21. The highest BCUT2D eigenvalue weighted by molar-refractivity contribution is 5.48. The Balaban J connectivity index is 2.09. The molecule has 0 amide bonds. The van der Waals surface area contributed by atoms with Crippen LogP contribution in [0.3, 0.4) is 0 Å². The maximum absolute atomic E-state index is 5.07. The Kier molecular flexibility index (Phi) is 3.99. The van der Waals surface area contributed by atoms with E-state index >= 15 is 0 Å². The van der Waals surface area contributed by atoms with E-state index in [4.69, 9.17) is 4.74 Å². The minimum absolute atomic E-state index is 0.752. The van der Waals surface area contributed by atoms with Crippen LogP contribution in [0.4, 0.5) is 11.8 Å². The van der Waals surface area contributed by atoms with E-state index in [0.29, 0.717) is 0 Å². The molecule has 0 bridgehead atoms. The molecule has 1 N–H and O–H groups in total. The van der Waals surface area contributed by atoms with Crippen LogP contribution in [-0.2, 0) is 18.3 Å². The quantitative estimate of drug-likeness (QED) is 0.792. The zero-order valence-electron chi connectivity index (χ0n) is 11.1. The zero-order chi connectivity index (χ0) is 13.0. The van der Waals surface area contributed by atoms with Gasteiger partial charge in [-0.05, 0) is 13.3 Å². The van der Waals surface area contributed by atoms with E-state index in [-0.39, 0.29) is 0 Å². The molecule has 0 radical (unpaired) electrons. The standard InChI is InChI=1S/C12H19N5O/c1-10-9-17(7-4-8-18-3)12(14-10)15-11-5-6-13-16(11)2/h5-6,9H,4,7-8H2,1-3H3,(H,14,15). The number of aromatic nitrogens is 4. The van der Waals surface area contributed by atoms with E-state index in [0.717, 1.165) is 37.0 Å². The molecule has 0 aromatic carbocycles. The normalized spacial score (nSPS) is 10.8. The Bertz CT molecular complexity index is 502. The maximum Gasteiger partial charge on any atom is 0.208 e. The molecule has 0 saturated carbocycles. The Morgan fingerprint density at radius 3 is 2.94 bits per heavy atom. The summed E-state index contributed by atoms with van der Waals surface area (Å²) in [4.78, 5) is 4.48. The summed E-state index contributed by atoms with van der Waals surface area (Å²) in [7, 11) is 3.61. The molecule has 2 heterocycles. The van der Waals surface area contributed by atoms with Gasteiger partial charge in [0.2, 0.25) is 5.95 Å². The van der Waals surface area contributed by atoms with Crippen molar-refractivity contribution < 1.29 is 4.74 Å². The highest BCUT2D eigenvalue weighted by Crippen LogP contribution is 2.15. The van der Waals surface area contributed by atoms with E-state index in [1.54, 1.807) is 18.0 Å². The third-order valence-corrected chi connectivity index (χ3v) is 2.71. The van der Waals surface area contributed by atoms with Crippen molar-refractivity contribution in [1.82, 2.24) is 19.3 Å². The van der Waals surface area contributed by atoms with Gasteiger partial charge in [0, 0.05) is 39.6 Å². The number of anilines is 2. The van der Waals surface area contributed by atoms with Gasteiger partial charge in [-0.1, -0.05) is 0 Å². The van der Waals surface area contributed by atoms with Crippen molar-refractivity contribution in [3.05, 3.63) is 24.2 Å². The minimum Gasteiger partial charge on any atom is -0.385 e. The van der Waals surface area contributed by atoms with Crippen LogP contribution in [0.5, 0.6) is 0 Å². The molecule has 0 atom stereocenters. The number of nitrogens with zero attached hydrogens (tertiary/aromatic N) is 4. The Morgan fingerprint density at radius 1 is 1.44 bits per heavy atom. The first-order chi connectivity index (χ1) is 8.70. The molecule has 0 aliphatic heterocycles. The van der Waals surface area contributed by atoms with Crippen LogP contribution in [-0.4, -0.2) is 33.0 Å². The first-order valence-corrected chi connectivity index (χ1v) is 5.98. The Morgan fingerprint density at radius 2 is 2.28 bits per heavy atom. The molecule has 2 aromatic heterocycles. The van der Waals surface area contributed by atoms with Crippen LogP contribution < -0.4 is 5.32 Å². The average Bonchev–Trinajstić information content (AvgIpc) is 2.88. The molecule has 0 fully saturated rings.